The molecular formula is C13H11ClF5NO. The van der Waals surface area contributed by atoms with Gasteiger partial charge in [-0.05, 0) is 25.0 Å². The lowest BCUT2D eigenvalue weighted by atomic mass is 10.1. The molecule has 0 saturated heterocycles. The molecular weight excluding hydrogens is 317 g/mol. The summed E-state index contributed by atoms with van der Waals surface area (Å²) < 4.78 is 64.7. The molecule has 1 aromatic rings. The number of halogens is 6. The Morgan fingerprint density at radius 2 is 2.00 bits per heavy atom. The molecule has 2 rings (SSSR count). The SMILES string of the molecule is O=C(N(Cc1c(F)cccc1Cl)C1CC1)C(F)(F)C(F)F. The van der Waals surface area contributed by atoms with Crippen LogP contribution >= 0.6 is 11.6 Å². The summed E-state index contributed by atoms with van der Waals surface area (Å²) in [5, 5.41) is -0.0474. The van der Waals surface area contributed by atoms with Crippen molar-refractivity contribution in [3.05, 3.63) is 34.6 Å². The molecule has 21 heavy (non-hydrogen) atoms. The van der Waals surface area contributed by atoms with Gasteiger partial charge in [0.05, 0.1) is 6.54 Å². The molecule has 1 amide bonds. The van der Waals surface area contributed by atoms with Gasteiger partial charge in [0.15, 0.2) is 0 Å². The van der Waals surface area contributed by atoms with Crippen molar-refractivity contribution in [1.82, 2.24) is 4.90 Å². The lowest BCUT2D eigenvalue weighted by Crippen LogP contribution is -2.48. The Balaban J connectivity index is 2.27. The third kappa shape index (κ3) is 3.28. The molecule has 1 aliphatic carbocycles. The molecule has 116 valence electrons. The van der Waals surface area contributed by atoms with Crippen LogP contribution in [0.2, 0.25) is 5.02 Å². The number of carbonyl (C=O) groups is 1. The first-order chi connectivity index (χ1) is 9.75. The van der Waals surface area contributed by atoms with Crippen LogP contribution in [-0.2, 0) is 11.3 Å². The monoisotopic (exact) mass is 327 g/mol. The molecule has 0 spiro atoms. The van der Waals surface area contributed by atoms with E-state index in [1.165, 1.54) is 12.1 Å². The van der Waals surface area contributed by atoms with E-state index >= 15 is 0 Å². The highest BCUT2D eigenvalue weighted by molar-refractivity contribution is 6.31. The van der Waals surface area contributed by atoms with E-state index in [1.807, 2.05) is 0 Å². The highest BCUT2D eigenvalue weighted by Crippen LogP contribution is 2.35. The molecule has 0 heterocycles. The largest absolute Gasteiger partial charge is 0.383 e. The van der Waals surface area contributed by atoms with Crippen molar-refractivity contribution in [1.29, 1.82) is 0 Å². The van der Waals surface area contributed by atoms with Gasteiger partial charge in [0.2, 0.25) is 0 Å². The van der Waals surface area contributed by atoms with Crippen molar-refractivity contribution in [2.45, 2.75) is 37.8 Å². The summed E-state index contributed by atoms with van der Waals surface area (Å²) in [4.78, 5) is 12.2. The van der Waals surface area contributed by atoms with Gasteiger partial charge in [0, 0.05) is 16.6 Å². The highest BCUT2D eigenvalue weighted by Gasteiger charge is 2.53. The summed E-state index contributed by atoms with van der Waals surface area (Å²) in [6.07, 6.45) is -3.28. The van der Waals surface area contributed by atoms with Crippen molar-refractivity contribution in [2.75, 3.05) is 0 Å². The van der Waals surface area contributed by atoms with Crippen molar-refractivity contribution in [3.8, 4) is 0 Å². The summed E-state index contributed by atoms with van der Waals surface area (Å²) in [5.41, 5.74) is -0.163. The Labute approximate surface area is 122 Å². The average molecular weight is 328 g/mol. The quantitative estimate of drug-likeness (QED) is 0.752. The van der Waals surface area contributed by atoms with Gasteiger partial charge in [-0.2, -0.15) is 8.78 Å². The first-order valence-corrected chi connectivity index (χ1v) is 6.53. The van der Waals surface area contributed by atoms with Crippen LogP contribution in [0.25, 0.3) is 0 Å². The minimum absolute atomic E-state index is 0.0474. The van der Waals surface area contributed by atoms with E-state index in [0.717, 1.165) is 6.07 Å². The number of alkyl halides is 4. The van der Waals surface area contributed by atoms with E-state index in [2.05, 4.69) is 0 Å². The van der Waals surface area contributed by atoms with E-state index in [0.29, 0.717) is 17.7 Å². The molecule has 1 saturated carbocycles. The maximum absolute atomic E-state index is 13.7. The molecule has 0 bridgehead atoms. The minimum atomic E-state index is -4.79. The molecule has 8 heteroatoms. The number of hydrogen-bond acceptors (Lipinski definition) is 1. The number of nitrogens with zero attached hydrogens (tertiary/aromatic N) is 1. The van der Waals surface area contributed by atoms with Crippen LogP contribution in [0.1, 0.15) is 18.4 Å². The van der Waals surface area contributed by atoms with Gasteiger partial charge in [0.1, 0.15) is 5.82 Å². The number of carbonyl (C=O) groups excluding carboxylic acids is 1. The third-order valence-electron chi connectivity index (χ3n) is 3.20. The van der Waals surface area contributed by atoms with Crippen LogP contribution in [0.5, 0.6) is 0 Å². The molecule has 1 aromatic carbocycles. The lowest BCUT2D eigenvalue weighted by molar-refractivity contribution is -0.181. The van der Waals surface area contributed by atoms with E-state index in [4.69, 9.17) is 11.6 Å². The second kappa shape index (κ2) is 5.79. The molecule has 0 aromatic heterocycles. The fourth-order valence-electron chi connectivity index (χ4n) is 1.89. The zero-order chi connectivity index (χ0) is 15.8. The van der Waals surface area contributed by atoms with Crippen LogP contribution in [-0.4, -0.2) is 29.2 Å². The molecule has 0 aliphatic heterocycles. The van der Waals surface area contributed by atoms with Crippen molar-refractivity contribution in [3.63, 3.8) is 0 Å². The Kier molecular flexibility index (Phi) is 4.41. The van der Waals surface area contributed by atoms with Crippen LogP contribution in [0, 0.1) is 5.82 Å². The number of amides is 1. The Morgan fingerprint density at radius 1 is 1.38 bits per heavy atom. The Bertz CT molecular complexity index is 527. The van der Waals surface area contributed by atoms with Crippen LogP contribution in [0.15, 0.2) is 18.2 Å². The molecule has 0 radical (unpaired) electrons. The summed E-state index contributed by atoms with van der Waals surface area (Å²) in [6.45, 7) is -0.558. The summed E-state index contributed by atoms with van der Waals surface area (Å²) >= 11 is 5.77. The average Bonchev–Trinajstić information content (AvgIpc) is 3.22. The molecule has 0 atom stereocenters. The standard InChI is InChI=1S/C13H11ClF5NO/c14-9-2-1-3-10(15)8(9)6-20(7-4-5-7)12(21)13(18,19)11(16)17/h1-3,7,11H,4-6H2. The van der Waals surface area contributed by atoms with Gasteiger partial charge in [-0.3, -0.25) is 4.79 Å². The second-order valence-electron chi connectivity index (χ2n) is 4.79. The number of rotatable bonds is 5. The van der Waals surface area contributed by atoms with E-state index in [1.54, 1.807) is 0 Å². The van der Waals surface area contributed by atoms with Crippen LogP contribution < -0.4 is 0 Å². The van der Waals surface area contributed by atoms with Crippen LogP contribution in [0.4, 0.5) is 22.0 Å². The zero-order valence-electron chi connectivity index (χ0n) is 10.6. The fraction of sp³-hybridized carbons (Fsp3) is 0.462. The fourth-order valence-corrected chi connectivity index (χ4v) is 2.11. The van der Waals surface area contributed by atoms with E-state index < -0.39 is 36.7 Å². The molecule has 2 nitrogen and oxygen atoms in total. The minimum Gasteiger partial charge on any atom is -0.330 e. The lowest BCUT2D eigenvalue weighted by Gasteiger charge is -2.27. The second-order valence-corrected chi connectivity index (χ2v) is 5.20. The van der Waals surface area contributed by atoms with E-state index in [9.17, 15) is 26.7 Å². The van der Waals surface area contributed by atoms with Crippen molar-refractivity contribution >= 4 is 17.5 Å². The maximum Gasteiger partial charge on any atom is 0.383 e. The van der Waals surface area contributed by atoms with Gasteiger partial charge < -0.3 is 4.90 Å². The summed E-state index contributed by atoms with van der Waals surface area (Å²) in [6, 6.07) is 3.12. The smallest absolute Gasteiger partial charge is 0.330 e. The van der Waals surface area contributed by atoms with Crippen molar-refractivity contribution in [2.24, 2.45) is 0 Å². The first-order valence-electron chi connectivity index (χ1n) is 6.15. The highest BCUT2D eigenvalue weighted by atomic mass is 35.5. The molecule has 0 unspecified atom stereocenters. The van der Waals surface area contributed by atoms with Gasteiger partial charge in [-0.1, -0.05) is 17.7 Å². The summed E-state index contributed by atoms with van der Waals surface area (Å²) in [7, 11) is 0. The molecule has 1 fully saturated rings. The number of benzene rings is 1. The third-order valence-corrected chi connectivity index (χ3v) is 3.55. The van der Waals surface area contributed by atoms with Gasteiger partial charge in [0.25, 0.3) is 5.91 Å². The predicted octanol–water partition coefficient (Wildman–Crippen LogP) is 3.87. The number of hydrogen-bond donors (Lipinski definition) is 0. The zero-order valence-corrected chi connectivity index (χ0v) is 11.4. The van der Waals surface area contributed by atoms with E-state index in [-0.39, 0.29) is 10.6 Å². The summed E-state index contributed by atoms with van der Waals surface area (Å²) in [5.74, 6) is -7.57. The molecule has 1 aliphatic rings. The van der Waals surface area contributed by atoms with Crippen molar-refractivity contribution < 1.29 is 26.7 Å². The predicted molar refractivity (Wildman–Crippen MR) is 65.9 cm³/mol. The van der Waals surface area contributed by atoms with Crippen LogP contribution in [0.3, 0.4) is 0 Å². The Morgan fingerprint density at radius 3 is 2.48 bits per heavy atom. The maximum atomic E-state index is 13.7. The normalized spacial score (nSPS) is 15.4. The van der Waals surface area contributed by atoms with Gasteiger partial charge in [-0.25, -0.2) is 13.2 Å². The van der Waals surface area contributed by atoms with Gasteiger partial charge in [-0.15, -0.1) is 0 Å². The topological polar surface area (TPSA) is 20.3 Å². The molecule has 0 N–H and O–H groups in total. The van der Waals surface area contributed by atoms with Gasteiger partial charge >= 0.3 is 12.3 Å². The Hall–Kier alpha value is -1.37. The first kappa shape index (κ1) is 16.0.